The summed E-state index contributed by atoms with van der Waals surface area (Å²) in [5.74, 6) is -0.0800. The van der Waals surface area contributed by atoms with Crippen LogP contribution < -0.4 is 0 Å². The molecule has 2 heterocycles. The van der Waals surface area contributed by atoms with Gasteiger partial charge in [-0.05, 0) is 50.3 Å². The third kappa shape index (κ3) is 4.10. The van der Waals surface area contributed by atoms with Crippen LogP contribution in [0.4, 0.5) is 0 Å². The summed E-state index contributed by atoms with van der Waals surface area (Å²) in [6, 6.07) is 6.52. The van der Waals surface area contributed by atoms with E-state index in [1.54, 1.807) is 34.5 Å². The second-order valence-electron chi connectivity index (χ2n) is 7.07. The number of likely N-dealkylation sites (tertiary alicyclic amines) is 1. The summed E-state index contributed by atoms with van der Waals surface area (Å²) in [5, 5.41) is 0. The zero-order valence-electron chi connectivity index (χ0n) is 15.4. The maximum atomic E-state index is 13.2. The van der Waals surface area contributed by atoms with Crippen molar-refractivity contribution >= 4 is 15.9 Å². The zero-order valence-corrected chi connectivity index (χ0v) is 16.2. The van der Waals surface area contributed by atoms with Crippen molar-refractivity contribution in [3.05, 3.63) is 29.8 Å². The average molecular weight is 381 g/mol. The van der Waals surface area contributed by atoms with E-state index in [2.05, 4.69) is 0 Å². The largest absolute Gasteiger partial charge is 0.385 e. The molecule has 3 rings (SSSR count). The Morgan fingerprint density at radius 1 is 1.19 bits per heavy atom. The summed E-state index contributed by atoms with van der Waals surface area (Å²) in [6.07, 6.45) is 5.49. The molecule has 0 N–H and O–H groups in total. The molecule has 1 aromatic carbocycles. The molecule has 0 aliphatic carbocycles. The van der Waals surface area contributed by atoms with Crippen LogP contribution in [0.15, 0.2) is 29.2 Å². The molecule has 0 saturated carbocycles. The number of ether oxygens (including phenoxy) is 1. The number of sulfonamides is 1. The van der Waals surface area contributed by atoms with Gasteiger partial charge in [0.1, 0.15) is 0 Å². The van der Waals surface area contributed by atoms with E-state index in [0.717, 1.165) is 51.6 Å². The van der Waals surface area contributed by atoms with Gasteiger partial charge in [-0.15, -0.1) is 0 Å². The molecule has 7 heteroatoms. The molecule has 0 bridgehead atoms. The van der Waals surface area contributed by atoms with E-state index >= 15 is 0 Å². The lowest BCUT2D eigenvalue weighted by atomic mass is 10.0. The van der Waals surface area contributed by atoms with E-state index in [1.165, 1.54) is 6.07 Å². The van der Waals surface area contributed by atoms with Crippen LogP contribution in [-0.4, -0.2) is 62.9 Å². The highest BCUT2D eigenvalue weighted by molar-refractivity contribution is 7.89. The first-order valence-electron chi connectivity index (χ1n) is 9.44. The molecule has 2 aliphatic rings. The second-order valence-corrected chi connectivity index (χ2v) is 8.96. The number of carbonyl (C=O) groups excluding carboxylic acids is 1. The summed E-state index contributed by atoms with van der Waals surface area (Å²) in [4.78, 5) is 14.4. The molecule has 2 saturated heterocycles. The second kappa shape index (κ2) is 8.50. The van der Waals surface area contributed by atoms with Crippen LogP contribution >= 0.6 is 0 Å². The van der Waals surface area contributed by atoms with Gasteiger partial charge in [-0.1, -0.05) is 12.5 Å². The molecule has 0 spiro atoms. The van der Waals surface area contributed by atoms with E-state index in [-0.39, 0.29) is 16.8 Å². The fraction of sp³-hybridized carbons (Fsp3) is 0.632. The zero-order chi connectivity index (χ0) is 18.6. The third-order valence-electron chi connectivity index (χ3n) is 5.29. The number of hydrogen-bond donors (Lipinski definition) is 0. The Morgan fingerprint density at radius 2 is 2.00 bits per heavy atom. The topological polar surface area (TPSA) is 66.9 Å². The van der Waals surface area contributed by atoms with Gasteiger partial charge in [0.05, 0.1) is 4.90 Å². The number of benzene rings is 1. The first-order valence-corrected chi connectivity index (χ1v) is 10.9. The number of piperidine rings is 1. The lowest BCUT2D eigenvalue weighted by Gasteiger charge is -2.35. The Hall–Kier alpha value is -1.44. The van der Waals surface area contributed by atoms with Crippen molar-refractivity contribution in [1.29, 1.82) is 0 Å². The highest BCUT2D eigenvalue weighted by Gasteiger charge is 2.33. The Kier molecular flexibility index (Phi) is 6.32. The first-order chi connectivity index (χ1) is 12.5. The van der Waals surface area contributed by atoms with Gasteiger partial charge in [0.15, 0.2) is 0 Å². The summed E-state index contributed by atoms with van der Waals surface area (Å²) >= 11 is 0. The quantitative estimate of drug-likeness (QED) is 0.682. The molecule has 2 aliphatic heterocycles. The van der Waals surface area contributed by atoms with Crippen LogP contribution in [0, 0.1) is 0 Å². The van der Waals surface area contributed by atoms with E-state index < -0.39 is 10.0 Å². The molecule has 1 atom stereocenters. The van der Waals surface area contributed by atoms with Gasteiger partial charge >= 0.3 is 0 Å². The van der Waals surface area contributed by atoms with Crippen molar-refractivity contribution in [2.45, 2.75) is 49.5 Å². The van der Waals surface area contributed by atoms with Crippen molar-refractivity contribution in [1.82, 2.24) is 9.21 Å². The van der Waals surface area contributed by atoms with E-state index in [1.807, 2.05) is 0 Å². The molecular weight excluding hydrogens is 352 g/mol. The number of nitrogens with zero attached hydrogens (tertiary/aromatic N) is 2. The van der Waals surface area contributed by atoms with E-state index in [0.29, 0.717) is 18.7 Å². The Labute approximate surface area is 156 Å². The summed E-state index contributed by atoms with van der Waals surface area (Å²) < 4.78 is 33.2. The third-order valence-corrected chi connectivity index (χ3v) is 7.24. The Balaban J connectivity index is 1.80. The van der Waals surface area contributed by atoms with Gasteiger partial charge in [0, 0.05) is 45.0 Å². The van der Waals surface area contributed by atoms with Crippen molar-refractivity contribution in [2.75, 3.05) is 33.4 Å². The molecule has 26 heavy (non-hydrogen) atoms. The molecular formula is C19H28N2O4S. The summed E-state index contributed by atoms with van der Waals surface area (Å²) in [6.45, 7) is 2.70. The standard InChI is InChI=1S/C19H28N2O4S/c1-25-14-5-9-17-8-2-3-13-21(17)26(23,24)18-10-4-7-16(15-18)19(22)20-11-6-12-20/h4,7,10,15,17H,2-3,5-6,8-9,11-14H2,1H3/t17-/m1/s1. The van der Waals surface area contributed by atoms with Crippen LogP contribution in [0.2, 0.25) is 0 Å². The number of hydrogen-bond acceptors (Lipinski definition) is 4. The maximum Gasteiger partial charge on any atom is 0.253 e. The smallest absolute Gasteiger partial charge is 0.253 e. The van der Waals surface area contributed by atoms with Gasteiger partial charge in [-0.25, -0.2) is 8.42 Å². The number of carbonyl (C=O) groups is 1. The monoisotopic (exact) mass is 380 g/mol. The van der Waals surface area contributed by atoms with E-state index in [4.69, 9.17) is 4.74 Å². The number of rotatable bonds is 7. The molecule has 144 valence electrons. The fourth-order valence-electron chi connectivity index (χ4n) is 3.67. The SMILES string of the molecule is COCCC[C@H]1CCCCN1S(=O)(=O)c1cccc(C(=O)N2CCC2)c1. The minimum Gasteiger partial charge on any atom is -0.385 e. The highest BCUT2D eigenvalue weighted by Crippen LogP contribution is 2.28. The molecule has 6 nitrogen and oxygen atoms in total. The summed E-state index contributed by atoms with van der Waals surface area (Å²) in [5.41, 5.74) is 0.457. The van der Waals surface area contributed by atoms with Gasteiger partial charge in [-0.3, -0.25) is 4.79 Å². The van der Waals surface area contributed by atoms with E-state index in [9.17, 15) is 13.2 Å². The van der Waals surface area contributed by atoms with Crippen LogP contribution in [0.25, 0.3) is 0 Å². The molecule has 0 unspecified atom stereocenters. The Morgan fingerprint density at radius 3 is 2.69 bits per heavy atom. The lowest BCUT2D eigenvalue weighted by Crippen LogP contribution is -2.44. The van der Waals surface area contributed by atoms with Gasteiger partial charge in [0.2, 0.25) is 10.0 Å². The average Bonchev–Trinajstić information content (AvgIpc) is 2.61. The maximum absolute atomic E-state index is 13.2. The lowest BCUT2D eigenvalue weighted by molar-refractivity contribution is 0.0651. The normalized spacial score (nSPS) is 21.4. The molecule has 1 aromatic rings. The minimum absolute atomic E-state index is 0.0126. The molecule has 0 aromatic heterocycles. The minimum atomic E-state index is -3.60. The van der Waals surface area contributed by atoms with Crippen LogP contribution in [-0.2, 0) is 14.8 Å². The summed E-state index contributed by atoms with van der Waals surface area (Å²) in [7, 11) is -1.93. The predicted octanol–water partition coefficient (Wildman–Crippen LogP) is 2.50. The predicted molar refractivity (Wildman–Crippen MR) is 99.6 cm³/mol. The Bertz CT molecular complexity index is 731. The van der Waals surface area contributed by atoms with Crippen LogP contribution in [0.1, 0.15) is 48.9 Å². The number of methoxy groups -OCH3 is 1. The molecule has 2 fully saturated rings. The molecule has 0 radical (unpaired) electrons. The first kappa shape index (κ1) is 19.3. The van der Waals surface area contributed by atoms with Crippen LogP contribution in [0.5, 0.6) is 0 Å². The highest BCUT2D eigenvalue weighted by atomic mass is 32.2. The molecule has 1 amide bonds. The fourth-order valence-corrected chi connectivity index (χ4v) is 5.44. The van der Waals surface area contributed by atoms with Crippen LogP contribution in [0.3, 0.4) is 0 Å². The van der Waals surface area contributed by atoms with Crippen molar-refractivity contribution in [2.24, 2.45) is 0 Å². The van der Waals surface area contributed by atoms with Gasteiger partial charge in [-0.2, -0.15) is 4.31 Å². The van der Waals surface area contributed by atoms with Crippen molar-refractivity contribution in [3.63, 3.8) is 0 Å². The van der Waals surface area contributed by atoms with Crippen molar-refractivity contribution in [3.8, 4) is 0 Å². The number of amides is 1. The van der Waals surface area contributed by atoms with Crippen molar-refractivity contribution < 1.29 is 17.9 Å². The van der Waals surface area contributed by atoms with Gasteiger partial charge < -0.3 is 9.64 Å². The van der Waals surface area contributed by atoms with Gasteiger partial charge in [0.25, 0.3) is 5.91 Å².